The van der Waals surface area contributed by atoms with Gasteiger partial charge in [-0.1, -0.05) is 6.42 Å². The molecule has 4 rings (SSSR count). The normalized spacial score (nSPS) is 27.2. The fraction of sp³-hybridized carbons (Fsp3) is 0.565. The number of aryl methyl sites for hydroxylation is 1. The summed E-state index contributed by atoms with van der Waals surface area (Å²) in [4.78, 5) is 24.8. The van der Waals surface area contributed by atoms with E-state index in [1.54, 1.807) is 20.8 Å². The number of hydrogen-bond donors (Lipinski definition) is 4. The quantitative estimate of drug-likeness (QED) is 0.487. The van der Waals surface area contributed by atoms with Gasteiger partial charge in [-0.15, -0.1) is 0 Å². The second-order valence-corrected chi connectivity index (χ2v) is 9.14. The topological polar surface area (TPSA) is 148 Å². The second kappa shape index (κ2) is 8.60. The Hall–Kier alpha value is -2.66. The van der Waals surface area contributed by atoms with Crippen LogP contribution in [0.2, 0.25) is 0 Å². The predicted octanol–water partition coefficient (Wildman–Crippen LogP) is 1.80. The van der Waals surface area contributed by atoms with Gasteiger partial charge in [0.2, 0.25) is 12.2 Å². The summed E-state index contributed by atoms with van der Waals surface area (Å²) in [7, 11) is 1.41. The first-order valence-electron chi connectivity index (χ1n) is 10.9. The Bertz CT molecular complexity index is 1120. The summed E-state index contributed by atoms with van der Waals surface area (Å²) >= 11 is 0. The minimum Gasteiger partial charge on any atom is -0.505 e. The number of fused-ring (bicyclic) bond motifs is 1. The van der Waals surface area contributed by atoms with E-state index in [1.165, 1.54) is 19.2 Å². The highest BCUT2D eigenvalue weighted by Crippen LogP contribution is 2.38. The van der Waals surface area contributed by atoms with Crippen molar-refractivity contribution in [1.82, 2.24) is 0 Å². The lowest BCUT2D eigenvalue weighted by Gasteiger charge is -2.46. The molecule has 2 aromatic rings. The van der Waals surface area contributed by atoms with Crippen LogP contribution in [0.4, 0.5) is 5.69 Å². The molecule has 2 heterocycles. The molecule has 1 amide bonds. The number of amides is 1. The summed E-state index contributed by atoms with van der Waals surface area (Å²) in [6.45, 7) is 5.02. The van der Waals surface area contributed by atoms with Gasteiger partial charge in [0, 0.05) is 18.6 Å². The molecule has 10 nitrogen and oxygen atoms in total. The van der Waals surface area contributed by atoms with Gasteiger partial charge in [0.15, 0.2) is 11.4 Å². The average Bonchev–Trinajstić information content (AvgIpc) is 2.70. The largest absolute Gasteiger partial charge is 0.505 e. The lowest BCUT2D eigenvalue weighted by atomic mass is 9.85. The molecule has 33 heavy (non-hydrogen) atoms. The van der Waals surface area contributed by atoms with E-state index in [4.69, 9.17) is 18.6 Å². The summed E-state index contributed by atoms with van der Waals surface area (Å²) in [6, 6.07) is 3.00. The van der Waals surface area contributed by atoms with Crippen molar-refractivity contribution in [3.63, 3.8) is 0 Å². The minimum atomic E-state index is -1.40. The highest BCUT2D eigenvalue weighted by Gasteiger charge is 2.50. The molecule has 180 valence electrons. The van der Waals surface area contributed by atoms with Crippen LogP contribution < -0.4 is 15.7 Å². The highest BCUT2D eigenvalue weighted by molar-refractivity contribution is 5.98. The van der Waals surface area contributed by atoms with Gasteiger partial charge in [0.25, 0.3) is 0 Å². The zero-order chi connectivity index (χ0) is 24.1. The first-order valence-corrected chi connectivity index (χ1v) is 10.9. The Morgan fingerprint density at radius 3 is 2.52 bits per heavy atom. The molecule has 10 heteroatoms. The average molecular weight is 463 g/mol. The molecule has 1 aliphatic carbocycles. The Morgan fingerprint density at radius 1 is 1.21 bits per heavy atom. The number of rotatable bonds is 5. The maximum atomic E-state index is 12.5. The zero-order valence-electron chi connectivity index (χ0n) is 19.0. The first kappa shape index (κ1) is 23.5. The molecule has 4 atom stereocenters. The lowest BCUT2D eigenvalue weighted by Crippen LogP contribution is -2.63. The van der Waals surface area contributed by atoms with E-state index in [0.717, 1.165) is 19.3 Å². The number of benzene rings is 1. The Labute approximate surface area is 190 Å². The third-order valence-corrected chi connectivity index (χ3v) is 6.51. The molecule has 4 N–H and O–H groups in total. The van der Waals surface area contributed by atoms with Crippen molar-refractivity contribution in [3.05, 3.63) is 28.1 Å². The van der Waals surface area contributed by atoms with Gasteiger partial charge in [-0.3, -0.25) is 4.79 Å². The van der Waals surface area contributed by atoms with E-state index < -0.39 is 41.6 Å². The van der Waals surface area contributed by atoms with Gasteiger partial charge in [-0.2, -0.15) is 0 Å². The number of nitrogens with one attached hydrogen (secondary N) is 1. The molecule has 1 aliphatic heterocycles. The van der Waals surface area contributed by atoms with Crippen LogP contribution in [-0.2, 0) is 14.3 Å². The Balaban J connectivity index is 1.64. The molecule has 1 saturated carbocycles. The summed E-state index contributed by atoms with van der Waals surface area (Å²) < 4.78 is 22.3. The number of carbonyl (C=O) groups is 1. The number of aliphatic hydroxyl groups is 2. The van der Waals surface area contributed by atoms with Crippen molar-refractivity contribution in [3.8, 4) is 11.5 Å². The van der Waals surface area contributed by atoms with E-state index in [2.05, 4.69) is 5.32 Å². The standard InChI is InChI=1S/C23H29NO9/c1-10-13(31-22-17(27)16(26)19(30-4)23(2,3)33-22)9-8-12-15(25)14(21(29)32-18(10)12)24-20(28)11-6-5-7-11/h8-9,11,16-17,19,22,25-27H,5-7H2,1-4H3,(H,24,28)/t16-,17+,19+,22+/m0/s1. The van der Waals surface area contributed by atoms with Crippen LogP contribution in [-0.4, -0.2) is 58.5 Å². The van der Waals surface area contributed by atoms with Crippen molar-refractivity contribution < 1.29 is 38.7 Å². The molecule has 1 saturated heterocycles. The number of aliphatic hydroxyl groups excluding tert-OH is 2. The Kier molecular flexibility index (Phi) is 6.12. The molecule has 1 aromatic carbocycles. The maximum absolute atomic E-state index is 12.5. The van der Waals surface area contributed by atoms with Crippen LogP contribution in [0, 0.1) is 12.8 Å². The third-order valence-electron chi connectivity index (χ3n) is 6.51. The van der Waals surface area contributed by atoms with E-state index in [9.17, 15) is 24.9 Å². The molecule has 1 aromatic heterocycles. The molecule has 2 aliphatic rings. The van der Waals surface area contributed by atoms with Gasteiger partial charge in [0.1, 0.15) is 29.6 Å². The van der Waals surface area contributed by atoms with Crippen LogP contribution >= 0.6 is 0 Å². The SMILES string of the molecule is CO[C@@H]1[C@@H](O)[C@@H](O)[C@H](Oc2ccc3c(O)c(NC(=O)C4CCC4)c(=O)oc3c2C)OC1(C)C. The molecule has 0 radical (unpaired) electrons. The van der Waals surface area contributed by atoms with Crippen LogP contribution in [0.5, 0.6) is 11.5 Å². The molecule has 2 fully saturated rings. The van der Waals surface area contributed by atoms with E-state index in [0.29, 0.717) is 5.56 Å². The predicted molar refractivity (Wildman–Crippen MR) is 117 cm³/mol. The second-order valence-electron chi connectivity index (χ2n) is 9.14. The number of ether oxygens (including phenoxy) is 3. The smallest absolute Gasteiger partial charge is 0.364 e. The van der Waals surface area contributed by atoms with Crippen molar-refractivity contribution in [2.24, 2.45) is 5.92 Å². The molecular weight excluding hydrogens is 434 g/mol. The number of carbonyl (C=O) groups excluding carboxylic acids is 1. The summed E-state index contributed by atoms with van der Waals surface area (Å²) in [5, 5.41) is 34.3. The van der Waals surface area contributed by atoms with Crippen molar-refractivity contribution in [2.75, 3.05) is 12.4 Å². The lowest BCUT2D eigenvalue weighted by molar-refractivity contribution is -0.306. The van der Waals surface area contributed by atoms with Gasteiger partial charge in [-0.05, 0) is 45.7 Å². The van der Waals surface area contributed by atoms with Crippen LogP contribution in [0.1, 0.15) is 38.7 Å². The number of hydrogen-bond acceptors (Lipinski definition) is 9. The third kappa shape index (κ3) is 4.08. The van der Waals surface area contributed by atoms with Crippen molar-refractivity contribution in [1.29, 1.82) is 0 Å². The number of aromatic hydroxyl groups is 1. The minimum absolute atomic E-state index is 0.0662. The van der Waals surface area contributed by atoms with E-state index in [1.807, 2.05) is 0 Å². The molecule has 0 unspecified atom stereocenters. The summed E-state index contributed by atoms with van der Waals surface area (Å²) in [5.41, 5.74) is -1.71. The highest BCUT2D eigenvalue weighted by atomic mass is 16.7. The Morgan fingerprint density at radius 2 is 1.91 bits per heavy atom. The van der Waals surface area contributed by atoms with Crippen LogP contribution in [0.3, 0.4) is 0 Å². The van der Waals surface area contributed by atoms with Crippen molar-refractivity contribution >= 4 is 22.6 Å². The monoisotopic (exact) mass is 463 g/mol. The van der Waals surface area contributed by atoms with E-state index in [-0.39, 0.29) is 34.2 Å². The van der Waals surface area contributed by atoms with Gasteiger partial charge in [-0.25, -0.2) is 4.79 Å². The van der Waals surface area contributed by atoms with Gasteiger partial charge >= 0.3 is 5.63 Å². The van der Waals surface area contributed by atoms with Crippen LogP contribution in [0.15, 0.2) is 21.3 Å². The molecule has 0 spiro atoms. The zero-order valence-corrected chi connectivity index (χ0v) is 19.0. The van der Waals surface area contributed by atoms with Crippen LogP contribution in [0.25, 0.3) is 11.0 Å². The van der Waals surface area contributed by atoms with E-state index >= 15 is 0 Å². The fourth-order valence-corrected chi connectivity index (χ4v) is 4.33. The number of methoxy groups -OCH3 is 1. The molecular formula is C23H29NO9. The first-order chi connectivity index (χ1) is 15.5. The summed E-state index contributed by atoms with van der Waals surface area (Å²) in [6.07, 6.45) is -2.20. The molecule has 0 bridgehead atoms. The number of anilines is 1. The van der Waals surface area contributed by atoms with Gasteiger partial charge < -0.3 is 39.3 Å². The van der Waals surface area contributed by atoms with Crippen molar-refractivity contribution in [2.45, 2.75) is 70.2 Å². The maximum Gasteiger partial charge on any atom is 0.364 e. The fourth-order valence-electron chi connectivity index (χ4n) is 4.33. The van der Waals surface area contributed by atoms with Gasteiger partial charge in [0.05, 0.1) is 11.0 Å². The summed E-state index contributed by atoms with van der Waals surface area (Å²) in [5.74, 6) is -0.661.